The van der Waals surface area contributed by atoms with E-state index in [2.05, 4.69) is 30.7 Å². The van der Waals surface area contributed by atoms with Crippen molar-refractivity contribution in [2.75, 3.05) is 12.8 Å². The number of anilines is 1. The van der Waals surface area contributed by atoms with Gasteiger partial charge in [-0.15, -0.1) is 0 Å². The molecule has 21 heavy (non-hydrogen) atoms. The summed E-state index contributed by atoms with van der Waals surface area (Å²) in [5.74, 6) is 2.13. The van der Waals surface area contributed by atoms with E-state index in [1.807, 2.05) is 31.2 Å². The predicted octanol–water partition coefficient (Wildman–Crippen LogP) is 3.82. The maximum atomic E-state index is 6.04. The van der Waals surface area contributed by atoms with Crippen LogP contribution in [0.5, 0.6) is 5.75 Å². The van der Waals surface area contributed by atoms with Gasteiger partial charge in [0.25, 0.3) is 0 Å². The van der Waals surface area contributed by atoms with Crippen LogP contribution >= 0.6 is 11.8 Å². The number of rotatable bonds is 3. The summed E-state index contributed by atoms with van der Waals surface area (Å²) in [5, 5.41) is 0.890. The second-order valence-electron chi connectivity index (χ2n) is 5.89. The first-order chi connectivity index (χ1) is 9.81. The largest absolute Gasteiger partial charge is 0.497 e. The molecule has 0 aliphatic rings. The molecule has 1 aromatic carbocycles. The first-order valence-corrected chi connectivity index (χ1v) is 7.59. The average Bonchev–Trinajstić information content (AvgIpc) is 2.42. The molecule has 0 amide bonds. The van der Waals surface area contributed by atoms with Gasteiger partial charge >= 0.3 is 0 Å². The van der Waals surface area contributed by atoms with E-state index >= 15 is 0 Å². The first kappa shape index (κ1) is 15.6. The minimum atomic E-state index is -0.133. The lowest BCUT2D eigenvalue weighted by Crippen LogP contribution is -2.18. The van der Waals surface area contributed by atoms with Crippen LogP contribution in [0.15, 0.2) is 34.2 Å². The van der Waals surface area contributed by atoms with Gasteiger partial charge in [-0.05, 0) is 25.1 Å². The maximum Gasteiger partial charge on any atom is 0.137 e. The third-order valence-corrected chi connectivity index (χ3v) is 4.15. The molecule has 0 unspecified atom stereocenters. The Morgan fingerprint density at radius 2 is 1.90 bits per heavy atom. The lowest BCUT2D eigenvalue weighted by molar-refractivity contribution is 0.413. The molecule has 1 aromatic heterocycles. The van der Waals surface area contributed by atoms with Crippen molar-refractivity contribution >= 4 is 17.6 Å². The van der Waals surface area contributed by atoms with Gasteiger partial charge in [-0.2, -0.15) is 0 Å². The monoisotopic (exact) mass is 303 g/mol. The van der Waals surface area contributed by atoms with E-state index in [0.717, 1.165) is 27.1 Å². The molecule has 0 saturated heterocycles. The Bertz CT molecular complexity index is 650. The summed E-state index contributed by atoms with van der Waals surface area (Å²) in [6, 6.07) is 7.90. The zero-order valence-corrected chi connectivity index (χ0v) is 13.9. The molecule has 0 fully saturated rings. The molecule has 0 bridgehead atoms. The number of hydrogen-bond donors (Lipinski definition) is 1. The Hall–Kier alpha value is -1.75. The zero-order chi connectivity index (χ0) is 15.6. The minimum absolute atomic E-state index is 0.133. The highest BCUT2D eigenvalue weighted by Crippen LogP contribution is 2.33. The van der Waals surface area contributed by atoms with Gasteiger partial charge in [-0.25, -0.2) is 9.97 Å². The quantitative estimate of drug-likeness (QED) is 0.873. The molecule has 4 nitrogen and oxygen atoms in total. The molecule has 0 aliphatic carbocycles. The summed E-state index contributed by atoms with van der Waals surface area (Å²) in [6.45, 7) is 8.19. The molecule has 2 N–H and O–H groups in total. The molecule has 2 rings (SSSR count). The molecule has 0 atom stereocenters. The van der Waals surface area contributed by atoms with Gasteiger partial charge in [-0.3, -0.25) is 0 Å². The van der Waals surface area contributed by atoms with Crippen LogP contribution in [0.25, 0.3) is 0 Å². The lowest BCUT2D eigenvalue weighted by atomic mass is 9.95. The Kier molecular flexibility index (Phi) is 4.42. The SMILES string of the molecule is COc1cccc(Sc2nc(C(C)(C)C)nc(N)c2C)c1. The smallest absolute Gasteiger partial charge is 0.137 e. The van der Waals surface area contributed by atoms with Crippen molar-refractivity contribution in [3.8, 4) is 5.75 Å². The van der Waals surface area contributed by atoms with Gasteiger partial charge in [0.15, 0.2) is 0 Å². The molecule has 0 saturated carbocycles. The maximum absolute atomic E-state index is 6.04. The number of nitrogens with two attached hydrogens (primary N) is 1. The van der Waals surface area contributed by atoms with Gasteiger partial charge in [0, 0.05) is 15.9 Å². The van der Waals surface area contributed by atoms with E-state index < -0.39 is 0 Å². The fourth-order valence-electron chi connectivity index (χ4n) is 1.72. The Morgan fingerprint density at radius 1 is 1.19 bits per heavy atom. The lowest BCUT2D eigenvalue weighted by Gasteiger charge is -2.19. The van der Waals surface area contributed by atoms with Gasteiger partial charge in [0.2, 0.25) is 0 Å². The zero-order valence-electron chi connectivity index (χ0n) is 13.1. The van der Waals surface area contributed by atoms with E-state index in [1.54, 1.807) is 18.9 Å². The van der Waals surface area contributed by atoms with Crippen molar-refractivity contribution in [3.63, 3.8) is 0 Å². The number of hydrogen-bond acceptors (Lipinski definition) is 5. The average molecular weight is 303 g/mol. The van der Waals surface area contributed by atoms with E-state index in [-0.39, 0.29) is 5.41 Å². The van der Waals surface area contributed by atoms with E-state index in [0.29, 0.717) is 5.82 Å². The molecule has 2 aromatic rings. The van der Waals surface area contributed by atoms with Crippen LogP contribution in [0.1, 0.15) is 32.2 Å². The Morgan fingerprint density at radius 3 is 2.52 bits per heavy atom. The second-order valence-corrected chi connectivity index (χ2v) is 6.96. The van der Waals surface area contributed by atoms with Crippen molar-refractivity contribution < 1.29 is 4.74 Å². The third-order valence-electron chi connectivity index (χ3n) is 3.07. The van der Waals surface area contributed by atoms with Gasteiger partial charge in [0.05, 0.1) is 7.11 Å². The van der Waals surface area contributed by atoms with Crippen LogP contribution in [0.3, 0.4) is 0 Å². The number of nitrogen functional groups attached to an aromatic ring is 1. The van der Waals surface area contributed by atoms with Crippen molar-refractivity contribution in [1.82, 2.24) is 9.97 Å². The number of benzene rings is 1. The topological polar surface area (TPSA) is 61.0 Å². The van der Waals surface area contributed by atoms with Crippen LogP contribution in [0.2, 0.25) is 0 Å². The fraction of sp³-hybridized carbons (Fsp3) is 0.375. The predicted molar refractivity (Wildman–Crippen MR) is 87.0 cm³/mol. The van der Waals surface area contributed by atoms with Crippen molar-refractivity contribution in [1.29, 1.82) is 0 Å². The summed E-state index contributed by atoms with van der Waals surface area (Å²) in [6.07, 6.45) is 0. The molecule has 0 spiro atoms. The minimum Gasteiger partial charge on any atom is -0.497 e. The molecule has 1 heterocycles. The molecular weight excluding hydrogens is 282 g/mol. The van der Waals surface area contributed by atoms with Crippen molar-refractivity contribution in [3.05, 3.63) is 35.7 Å². The normalized spacial score (nSPS) is 11.5. The van der Waals surface area contributed by atoms with Gasteiger partial charge in [-0.1, -0.05) is 38.6 Å². The highest BCUT2D eigenvalue weighted by atomic mass is 32.2. The molecule has 112 valence electrons. The van der Waals surface area contributed by atoms with Crippen molar-refractivity contribution in [2.24, 2.45) is 0 Å². The standard InChI is InChI=1S/C16H21N3OS/c1-10-13(17)18-15(16(2,3)4)19-14(10)21-12-8-6-7-11(9-12)20-5/h6-9H,1-5H3,(H2,17,18,19). The first-order valence-electron chi connectivity index (χ1n) is 6.78. The number of aromatic nitrogens is 2. The van der Waals surface area contributed by atoms with Crippen LogP contribution in [-0.4, -0.2) is 17.1 Å². The highest BCUT2D eigenvalue weighted by molar-refractivity contribution is 7.99. The van der Waals surface area contributed by atoms with Gasteiger partial charge < -0.3 is 10.5 Å². The molecule has 0 radical (unpaired) electrons. The summed E-state index contributed by atoms with van der Waals surface area (Å²) >= 11 is 1.58. The Labute approximate surface area is 130 Å². The number of methoxy groups -OCH3 is 1. The highest BCUT2D eigenvalue weighted by Gasteiger charge is 2.20. The molecule has 5 heteroatoms. The number of ether oxygens (including phenoxy) is 1. The summed E-state index contributed by atoms with van der Waals surface area (Å²) < 4.78 is 5.25. The van der Waals surface area contributed by atoms with Crippen LogP contribution in [0.4, 0.5) is 5.82 Å². The summed E-state index contributed by atoms with van der Waals surface area (Å²) in [5.41, 5.74) is 6.82. The summed E-state index contributed by atoms with van der Waals surface area (Å²) in [4.78, 5) is 10.2. The summed E-state index contributed by atoms with van der Waals surface area (Å²) in [7, 11) is 1.66. The number of nitrogens with zero attached hydrogens (tertiary/aromatic N) is 2. The van der Waals surface area contributed by atoms with Crippen LogP contribution < -0.4 is 10.5 Å². The second kappa shape index (κ2) is 5.93. The Balaban J connectivity index is 2.41. The third kappa shape index (κ3) is 3.67. The molecular formula is C16H21N3OS. The van der Waals surface area contributed by atoms with E-state index in [9.17, 15) is 0 Å². The van der Waals surface area contributed by atoms with E-state index in [1.165, 1.54) is 0 Å². The fourth-order valence-corrected chi connectivity index (χ4v) is 2.66. The van der Waals surface area contributed by atoms with Crippen molar-refractivity contribution in [2.45, 2.75) is 43.0 Å². The van der Waals surface area contributed by atoms with E-state index in [4.69, 9.17) is 10.5 Å². The molecule has 0 aliphatic heterocycles. The van der Waals surface area contributed by atoms with Gasteiger partial charge in [0.1, 0.15) is 22.4 Å². The van der Waals surface area contributed by atoms with Crippen LogP contribution in [0, 0.1) is 6.92 Å². The van der Waals surface area contributed by atoms with Crippen LogP contribution in [-0.2, 0) is 5.41 Å².